The van der Waals surface area contributed by atoms with Gasteiger partial charge in [-0.1, -0.05) is 32.0 Å². The molecule has 0 aliphatic rings. The minimum atomic E-state index is -4.46. The van der Waals surface area contributed by atoms with Gasteiger partial charge in [-0.15, -0.1) is 0 Å². The summed E-state index contributed by atoms with van der Waals surface area (Å²) in [4.78, 5) is 17.0. The van der Waals surface area contributed by atoms with E-state index in [-0.39, 0.29) is 29.7 Å². The van der Waals surface area contributed by atoms with Crippen LogP contribution in [0.2, 0.25) is 0 Å². The molecule has 0 bridgehead atoms. The number of hydrogen-bond donors (Lipinski definition) is 1. The van der Waals surface area contributed by atoms with E-state index in [4.69, 9.17) is 0 Å². The number of amides is 1. The number of rotatable bonds is 4. The topological polar surface area (TPSA) is 42.0 Å². The Kier molecular flexibility index (Phi) is 5.36. The van der Waals surface area contributed by atoms with Gasteiger partial charge >= 0.3 is 6.18 Å². The largest absolute Gasteiger partial charge is 0.416 e. The smallest absolute Gasteiger partial charge is 0.348 e. The molecule has 1 heterocycles. The zero-order chi connectivity index (χ0) is 20.5. The van der Waals surface area contributed by atoms with Crippen molar-refractivity contribution in [2.45, 2.75) is 32.5 Å². The van der Waals surface area contributed by atoms with Gasteiger partial charge in [0.05, 0.1) is 22.3 Å². The summed E-state index contributed by atoms with van der Waals surface area (Å²) in [7, 11) is 0. The molecule has 0 fully saturated rings. The molecule has 0 saturated heterocycles. The van der Waals surface area contributed by atoms with Gasteiger partial charge in [0.2, 0.25) is 0 Å². The fourth-order valence-electron chi connectivity index (χ4n) is 2.86. The second-order valence-corrected chi connectivity index (χ2v) is 6.79. The van der Waals surface area contributed by atoms with E-state index >= 15 is 0 Å². The van der Waals surface area contributed by atoms with Crippen LogP contribution in [0.5, 0.6) is 0 Å². The molecular weight excluding hydrogens is 372 g/mol. The molecule has 1 N–H and O–H groups in total. The predicted molar refractivity (Wildman–Crippen MR) is 98.4 cm³/mol. The minimum Gasteiger partial charge on any atom is -0.348 e. The van der Waals surface area contributed by atoms with Crippen LogP contribution in [-0.4, -0.2) is 10.9 Å². The number of aromatic nitrogens is 1. The quantitative estimate of drug-likeness (QED) is 0.602. The highest BCUT2D eigenvalue weighted by Crippen LogP contribution is 2.32. The van der Waals surface area contributed by atoms with Crippen LogP contribution in [0.4, 0.5) is 17.6 Å². The highest BCUT2D eigenvalue weighted by atomic mass is 19.4. The van der Waals surface area contributed by atoms with Crippen molar-refractivity contribution in [3.05, 3.63) is 76.7 Å². The Hall–Kier alpha value is -2.96. The van der Waals surface area contributed by atoms with E-state index in [1.807, 2.05) is 13.8 Å². The van der Waals surface area contributed by atoms with Crippen molar-refractivity contribution in [3.8, 4) is 0 Å². The summed E-state index contributed by atoms with van der Waals surface area (Å²) in [6, 6.07) is 10.6. The summed E-state index contributed by atoms with van der Waals surface area (Å²) >= 11 is 0. The molecule has 0 aliphatic carbocycles. The van der Waals surface area contributed by atoms with Crippen molar-refractivity contribution in [2.75, 3.05) is 0 Å². The molecule has 2 aromatic carbocycles. The Balaban J connectivity index is 1.93. The Bertz CT molecular complexity index is 1010. The molecule has 0 saturated carbocycles. The van der Waals surface area contributed by atoms with Crippen molar-refractivity contribution >= 4 is 16.8 Å². The standard InChI is InChI=1S/C21H18F4N2O/c1-12(2)19-17(20(28)26-11-13-3-7-16(22)8-4-13)9-14-5-6-15(21(23,24)25)10-18(14)27-19/h3-10,12H,11H2,1-2H3,(H,26,28). The van der Waals surface area contributed by atoms with Crippen LogP contribution in [0.1, 0.15) is 46.9 Å². The third-order valence-corrected chi connectivity index (χ3v) is 4.33. The van der Waals surface area contributed by atoms with E-state index in [0.29, 0.717) is 16.6 Å². The first kappa shape index (κ1) is 19.8. The van der Waals surface area contributed by atoms with Crippen LogP contribution in [-0.2, 0) is 12.7 Å². The molecule has 1 amide bonds. The van der Waals surface area contributed by atoms with Crippen molar-refractivity contribution in [1.29, 1.82) is 0 Å². The normalized spacial score (nSPS) is 11.8. The second kappa shape index (κ2) is 7.58. The SMILES string of the molecule is CC(C)c1nc2cc(C(F)(F)F)ccc2cc1C(=O)NCc1ccc(F)cc1. The van der Waals surface area contributed by atoms with Gasteiger partial charge in [0.1, 0.15) is 5.82 Å². The van der Waals surface area contributed by atoms with Gasteiger partial charge in [0.25, 0.3) is 5.91 Å². The number of nitrogens with one attached hydrogen (secondary N) is 1. The van der Waals surface area contributed by atoms with Gasteiger partial charge in [0, 0.05) is 11.9 Å². The van der Waals surface area contributed by atoms with Gasteiger partial charge in [-0.2, -0.15) is 13.2 Å². The van der Waals surface area contributed by atoms with Gasteiger partial charge in [0.15, 0.2) is 0 Å². The van der Waals surface area contributed by atoms with Gasteiger partial charge in [-0.25, -0.2) is 4.39 Å². The maximum Gasteiger partial charge on any atom is 0.416 e. The van der Waals surface area contributed by atoms with E-state index in [1.54, 1.807) is 18.2 Å². The molecule has 0 spiro atoms. The monoisotopic (exact) mass is 390 g/mol. The Morgan fingerprint density at radius 1 is 1.07 bits per heavy atom. The Labute approximate surface area is 159 Å². The van der Waals surface area contributed by atoms with Crippen molar-refractivity contribution < 1.29 is 22.4 Å². The number of pyridine rings is 1. The number of nitrogens with zero attached hydrogens (tertiary/aromatic N) is 1. The number of halogens is 4. The van der Waals surface area contributed by atoms with Crippen molar-refractivity contribution in [1.82, 2.24) is 10.3 Å². The summed E-state index contributed by atoms with van der Waals surface area (Å²) in [6.45, 7) is 3.83. The van der Waals surface area contributed by atoms with E-state index < -0.39 is 11.7 Å². The molecule has 0 atom stereocenters. The van der Waals surface area contributed by atoms with Gasteiger partial charge < -0.3 is 5.32 Å². The lowest BCUT2D eigenvalue weighted by atomic mass is 10.00. The summed E-state index contributed by atoms with van der Waals surface area (Å²) in [6.07, 6.45) is -4.46. The lowest BCUT2D eigenvalue weighted by Crippen LogP contribution is -2.25. The molecule has 3 nitrogen and oxygen atoms in total. The first-order valence-corrected chi connectivity index (χ1v) is 8.69. The molecule has 3 rings (SSSR count). The summed E-state index contributed by atoms with van der Waals surface area (Å²) in [5.74, 6) is -0.915. The molecule has 7 heteroatoms. The highest BCUT2D eigenvalue weighted by molar-refractivity contribution is 5.99. The zero-order valence-electron chi connectivity index (χ0n) is 15.3. The number of hydrogen-bond acceptors (Lipinski definition) is 2. The van der Waals surface area contributed by atoms with Gasteiger partial charge in [-0.05, 0) is 41.8 Å². The predicted octanol–water partition coefficient (Wildman–Crippen LogP) is 5.45. The first-order chi connectivity index (χ1) is 13.1. The van der Waals surface area contributed by atoms with Crippen LogP contribution in [0.3, 0.4) is 0 Å². The van der Waals surface area contributed by atoms with Crippen LogP contribution >= 0.6 is 0 Å². The molecule has 28 heavy (non-hydrogen) atoms. The van der Waals surface area contributed by atoms with E-state index in [0.717, 1.165) is 17.7 Å². The fraction of sp³-hybridized carbons (Fsp3) is 0.238. The zero-order valence-corrected chi connectivity index (χ0v) is 15.3. The number of benzene rings is 2. The average molecular weight is 390 g/mol. The molecular formula is C21H18F4N2O. The van der Waals surface area contributed by atoms with Crippen molar-refractivity contribution in [2.24, 2.45) is 0 Å². The molecule has 0 aliphatic heterocycles. The molecule has 1 aromatic heterocycles. The third kappa shape index (κ3) is 4.30. The number of fused-ring (bicyclic) bond motifs is 1. The van der Waals surface area contributed by atoms with Crippen LogP contribution in [0, 0.1) is 5.82 Å². The van der Waals surface area contributed by atoms with Crippen LogP contribution < -0.4 is 5.32 Å². The van der Waals surface area contributed by atoms with E-state index in [1.165, 1.54) is 18.2 Å². The summed E-state index contributed by atoms with van der Waals surface area (Å²) in [5.41, 5.74) is 0.863. The lowest BCUT2D eigenvalue weighted by Gasteiger charge is -2.15. The van der Waals surface area contributed by atoms with Crippen molar-refractivity contribution in [3.63, 3.8) is 0 Å². The summed E-state index contributed by atoms with van der Waals surface area (Å²) in [5, 5.41) is 3.20. The lowest BCUT2D eigenvalue weighted by molar-refractivity contribution is -0.137. The van der Waals surface area contributed by atoms with Gasteiger partial charge in [-0.3, -0.25) is 9.78 Å². The minimum absolute atomic E-state index is 0.162. The maximum absolute atomic E-state index is 13.0. The highest BCUT2D eigenvalue weighted by Gasteiger charge is 2.30. The molecule has 146 valence electrons. The molecule has 3 aromatic rings. The molecule has 0 unspecified atom stereocenters. The first-order valence-electron chi connectivity index (χ1n) is 8.69. The van der Waals surface area contributed by atoms with Crippen LogP contribution in [0.25, 0.3) is 10.9 Å². The number of alkyl halides is 3. The summed E-state index contributed by atoms with van der Waals surface area (Å²) < 4.78 is 51.8. The number of carbonyl (C=O) groups excluding carboxylic acids is 1. The third-order valence-electron chi connectivity index (χ3n) is 4.33. The molecule has 0 radical (unpaired) electrons. The van der Waals surface area contributed by atoms with E-state index in [9.17, 15) is 22.4 Å². The maximum atomic E-state index is 13.0. The number of carbonyl (C=O) groups is 1. The van der Waals surface area contributed by atoms with Crippen LogP contribution in [0.15, 0.2) is 48.5 Å². The van der Waals surface area contributed by atoms with E-state index in [2.05, 4.69) is 10.3 Å². The Morgan fingerprint density at radius 2 is 1.75 bits per heavy atom. The average Bonchev–Trinajstić information content (AvgIpc) is 2.65. The fourth-order valence-corrected chi connectivity index (χ4v) is 2.86. The second-order valence-electron chi connectivity index (χ2n) is 6.79. The Morgan fingerprint density at radius 3 is 2.36 bits per heavy atom.